The van der Waals surface area contributed by atoms with E-state index >= 15 is 0 Å². The fourth-order valence-electron chi connectivity index (χ4n) is 2.16. The highest BCUT2D eigenvalue weighted by atomic mass is 35.5. The molecule has 1 heterocycles. The molecule has 0 aliphatic heterocycles. The van der Waals surface area contributed by atoms with E-state index in [2.05, 4.69) is 31.7 Å². The van der Waals surface area contributed by atoms with Gasteiger partial charge in [-0.1, -0.05) is 29.8 Å². The molecule has 0 aliphatic carbocycles. The van der Waals surface area contributed by atoms with Crippen molar-refractivity contribution in [3.8, 4) is 0 Å². The number of amides is 2. The molecule has 0 saturated heterocycles. The number of carbonyl (C=O) groups excluding carboxylic acids is 2. The maximum absolute atomic E-state index is 12.1. The quantitative estimate of drug-likeness (QED) is 0.402. The monoisotopic (exact) mass is 397 g/mol. The van der Waals surface area contributed by atoms with Gasteiger partial charge in [-0.2, -0.15) is 0 Å². The molecule has 10 heteroatoms. The molecule has 142 valence electrons. The Morgan fingerprint density at radius 2 is 1.29 bits per heavy atom. The van der Waals surface area contributed by atoms with Crippen LogP contribution in [0.1, 0.15) is 20.7 Å². The van der Waals surface area contributed by atoms with Crippen LogP contribution in [0.15, 0.2) is 60.9 Å². The number of aromatic nitrogens is 2. The molecule has 0 saturated carbocycles. The molecule has 0 unspecified atom stereocenters. The minimum absolute atomic E-state index is 0.104. The predicted molar refractivity (Wildman–Crippen MR) is 107 cm³/mol. The Labute approximate surface area is 165 Å². The predicted octanol–water partition coefficient (Wildman–Crippen LogP) is 2.23. The van der Waals surface area contributed by atoms with Gasteiger partial charge in [0.15, 0.2) is 11.6 Å². The van der Waals surface area contributed by atoms with Crippen LogP contribution >= 0.6 is 11.6 Å². The number of nitrogens with zero attached hydrogens (tertiary/aromatic N) is 2. The number of benzene rings is 2. The van der Waals surface area contributed by atoms with E-state index in [0.29, 0.717) is 16.1 Å². The van der Waals surface area contributed by atoms with E-state index in [1.807, 2.05) is 6.07 Å². The van der Waals surface area contributed by atoms with Crippen LogP contribution in [-0.4, -0.2) is 21.8 Å². The summed E-state index contributed by atoms with van der Waals surface area (Å²) in [6.07, 6.45) is 1.23. The van der Waals surface area contributed by atoms with Gasteiger partial charge in [0.25, 0.3) is 11.8 Å². The van der Waals surface area contributed by atoms with Crippen molar-refractivity contribution in [1.82, 2.24) is 20.8 Å². The standard InChI is InChI=1S/C18H16ClN7O2/c19-13-8-6-12(7-9-13)18(28)26-24-16-14(20)15(21-10-22-16)23-25-17(27)11-4-2-1-3-5-11/h1-10H,20H2,(H,25,27)(H,26,28)(H2,21,22,23,24). The van der Waals surface area contributed by atoms with E-state index in [-0.39, 0.29) is 23.2 Å². The lowest BCUT2D eigenvalue weighted by molar-refractivity contribution is 0.0954. The Kier molecular flexibility index (Phi) is 5.87. The largest absolute Gasteiger partial charge is 0.393 e. The van der Waals surface area contributed by atoms with E-state index in [1.54, 1.807) is 48.5 Å². The van der Waals surface area contributed by atoms with Gasteiger partial charge in [-0.15, -0.1) is 0 Å². The molecule has 3 rings (SSSR count). The second-order valence-corrected chi connectivity index (χ2v) is 5.95. The topological polar surface area (TPSA) is 134 Å². The zero-order valence-corrected chi connectivity index (χ0v) is 15.2. The second-order valence-electron chi connectivity index (χ2n) is 5.52. The molecule has 0 fully saturated rings. The number of hydrazine groups is 2. The molecule has 28 heavy (non-hydrogen) atoms. The highest BCUT2D eigenvalue weighted by Gasteiger charge is 2.11. The van der Waals surface area contributed by atoms with Crippen LogP contribution in [0.25, 0.3) is 0 Å². The summed E-state index contributed by atoms with van der Waals surface area (Å²) in [5, 5.41) is 0.526. The van der Waals surface area contributed by atoms with Crippen molar-refractivity contribution < 1.29 is 9.59 Å². The van der Waals surface area contributed by atoms with Crippen LogP contribution in [0.2, 0.25) is 5.02 Å². The van der Waals surface area contributed by atoms with Crippen molar-refractivity contribution in [2.75, 3.05) is 16.6 Å². The van der Waals surface area contributed by atoms with E-state index in [1.165, 1.54) is 6.33 Å². The summed E-state index contributed by atoms with van der Waals surface area (Å²) in [6, 6.07) is 15.0. The third-order valence-corrected chi connectivity index (χ3v) is 3.87. The molecular weight excluding hydrogens is 382 g/mol. The van der Waals surface area contributed by atoms with Gasteiger partial charge in [-0.25, -0.2) is 9.97 Å². The van der Waals surface area contributed by atoms with Crippen LogP contribution in [0.3, 0.4) is 0 Å². The van der Waals surface area contributed by atoms with E-state index < -0.39 is 5.91 Å². The Morgan fingerprint density at radius 3 is 1.82 bits per heavy atom. The lowest BCUT2D eigenvalue weighted by Gasteiger charge is -2.13. The number of rotatable bonds is 6. The first-order valence-corrected chi connectivity index (χ1v) is 8.46. The first-order chi connectivity index (χ1) is 13.5. The van der Waals surface area contributed by atoms with Gasteiger partial charge in [0.2, 0.25) is 0 Å². The average molecular weight is 398 g/mol. The Balaban J connectivity index is 1.61. The zero-order chi connectivity index (χ0) is 19.9. The molecule has 1 aromatic heterocycles. The maximum Gasteiger partial charge on any atom is 0.269 e. The molecule has 0 aliphatic rings. The summed E-state index contributed by atoms with van der Waals surface area (Å²) in [7, 11) is 0. The van der Waals surface area contributed by atoms with Gasteiger partial charge >= 0.3 is 0 Å². The molecular formula is C18H16ClN7O2. The highest BCUT2D eigenvalue weighted by molar-refractivity contribution is 6.30. The lowest BCUT2D eigenvalue weighted by Crippen LogP contribution is -2.32. The summed E-state index contributed by atoms with van der Waals surface area (Å²) in [5.41, 5.74) is 17.2. The Morgan fingerprint density at radius 1 is 0.786 bits per heavy atom. The Hall–Kier alpha value is -3.85. The fraction of sp³-hybridized carbons (Fsp3) is 0. The zero-order valence-electron chi connectivity index (χ0n) is 14.4. The molecule has 0 spiro atoms. The van der Waals surface area contributed by atoms with Crippen molar-refractivity contribution >= 4 is 40.7 Å². The average Bonchev–Trinajstić information content (AvgIpc) is 2.73. The molecule has 3 aromatic rings. The minimum atomic E-state index is -0.401. The number of carbonyl (C=O) groups is 2. The van der Waals surface area contributed by atoms with Gasteiger partial charge in [0, 0.05) is 16.1 Å². The summed E-state index contributed by atoms with van der Waals surface area (Å²) in [5.74, 6) is -0.429. The number of nitrogen functional groups attached to an aromatic ring is 1. The third-order valence-electron chi connectivity index (χ3n) is 3.62. The SMILES string of the molecule is Nc1c(NNC(=O)c2ccccc2)ncnc1NNC(=O)c1ccc(Cl)cc1. The summed E-state index contributed by atoms with van der Waals surface area (Å²) >= 11 is 5.80. The van der Waals surface area contributed by atoms with Gasteiger partial charge in [0.1, 0.15) is 12.0 Å². The van der Waals surface area contributed by atoms with Gasteiger partial charge in [-0.05, 0) is 36.4 Å². The number of nitrogens with one attached hydrogen (secondary N) is 4. The maximum atomic E-state index is 12.1. The normalized spacial score (nSPS) is 10.0. The smallest absolute Gasteiger partial charge is 0.269 e. The molecule has 9 nitrogen and oxygen atoms in total. The van der Waals surface area contributed by atoms with Crippen LogP contribution in [0.4, 0.5) is 17.3 Å². The molecule has 2 aromatic carbocycles. The van der Waals surface area contributed by atoms with Crippen molar-refractivity contribution in [1.29, 1.82) is 0 Å². The van der Waals surface area contributed by atoms with Crippen molar-refractivity contribution in [3.63, 3.8) is 0 Å². The van der Waals surface area contributed by atoms with Crippen LogP contribution < -0.4 is 27.4 Å². The highest BCUT2D eigenvalue weighted by Crippen LogP contribution is 2.21. The summed E-state index contributed by atoms with van der Waals surface area (Å²) in [4.78, 5) is 32.1. The summed E-state index contributed by atoms with van der Waals surface area (Å²) in [6.45, 7) is 0. The first kappa shape index (κ1) is 18.9. The molecule has 0 atom stereocenters. The third kappa shape index (κ3) is 4.65. The number of anilines is 3. The number of hydrogen-bond donors (Lipinski definition) is 5. The molecule has 0 radical (unpaired) electrons. The molecule has 0 bridgehead atoms. The Bertz CT molecular complexity index is 981. The van der Waals surface area contributed by atoms with Crippen LogP contribution in [0, 0.1) is 0 Å². The number of nitrogens with two attached hydrogens (primary N) is 1. The van der Waals surface area contributed by atoms with Crippen molar-refractivity contribution in [2.24, 2.45) is 0 Å². The number of hydrogen-bond acceptors (Lipinski definition) is 7. The van der Waals surface area contributed by atoms with Gasteiger partial charge < -0.3 is 5.73 Å². The second kappa shape index (κ2) is 8.69. The van der Waals surface area contributed by atoms with Crippen LogP contribution in [-0.2, 0) is 0 Å². The molecule has 2 amide bonds. The van der Waals surface area contributed by atoms with Gasteiger partial charge in [0.05, 0.1) is 0 Å². The number of halogens is 1. The van der Waals surface area contributed by atoms with E-state index in [9.17, 15) is 9.59 Å². The first-order valence-electron chi connectivity index (χ1n) is 8.08. The van der Waals surface area contributed by atoms with E-state index in [0.717, 1.165) is 0 Å². The van der Waals surface area contributed by atoms with Crippen LogP contribution in [0.5, 0.6) is 0 Å². The minimum Gasteiger partial charge on any atom is -0.393 e. The summed E-state index contributed by atoms with van der Waals surface area (Å²) < 4.78 is 0. The van der Waals surface area contributed by atoms with Gasteiger partial charge in [-0.3, -0.25) is 31.3 Å². The van der Waals surface area contributed by atoms with E-state index in [4.69, 9.17) is 17.3 Å². The lowest BCUT2D eigenvalue weighted by atomic mass is 10.2. The fourth-order valence-corrected chi connectivity index (χ4v) is 2.29. The van der Waals surface area contributed by atoms with Crippen molar-refractivity contribution in [3.05, 3.63) is 77.1 Å². The van der Waals surface area contributed by atoms with Crippen molar-refractivity contribution in [2.45, 2.75) is 0 Å². The molecule has 6 N–H and O–H groups in total.